The second-order valence-corrected chi connectivity index (χ2v) is 13.6. The molecule has 7 rings (SSSR count). The van der Waals surface area contributed by atoms with E-state index in [-0.39, 0.29) is 38.0 Å². The standard InChI is InChI=1S/C33H37N3O10S/c1-14-7-17-8-18-19(9-34)36-20-10-42-33(39)21(38)11-47-32(24-23(20)31-29(44-13-45-31)15(2)28(24)46-16(3)37)26(36)25(35(18)4)22(17)30(27(14)41-6)43-12-40-5/h7,18-21,25-26,32,38H,8,10-13H2,1-6H3/t18-,19-,20-,21?,25?,26?,32+/m0/s1. The fourth-order valence-corrected chi connectivity index (χ4v) is 9.61. The van der Waals surface area contributed by atoms with Gasteiger partial charge in [0, 0.05) is 54.1 Å². The summed E-state index contributed by atoms with van der Waals surface area (Å²) in [6, 6.07) is 2.30. The first-order chi connectivity index (χ1) is 22.6. The van der Waals surface area contributed by atoms with Crippen molar-refractivity contribution in [3.05, 3.63) is 39.4 Å². The third kappa shape index (κ3) is 4.74. The number of fused-ring (bicyclic) bond motifs is 9. The van der Waals surface area contributed by atoms with Crippen LogP contribution in [0.1, 0.15) is 57.6 Å². The Morgan fingerprint density at radius 3 is 2.60 bits per heavy atom. The number of aryl methyl sites for hydroxylation is 1. The smallest absolute Gasteiger partial charge is 0.335 e. The largest absolute Gasteiger partial charge is 0.493 e. The number of aliphatic hydroxyl groups excluding tert-OH is 1. The summed E-state index contributed by atoms with van der Waals surface area (Å²) < 4.78 is 41.3. The predicted molar refractivity (Wildman–Crippen MR) is 167 cm³/mol. The average Bonchev–Trinajstić information content (AvgIpc) is 3.53. The molecule has 4 bridgehead atoms. The fourth-order valence-electron chi connectivity index (χ4n) is 8.20. The third-order valence-corrected chi connectivity index (χ3v) is 11.3. The summed E-state index contributed by atoms with van der Waals surface area (Å²) >= 11 is 1.35. The molecule has 5 aliphatic rings. The number of hydrogen-bond donors (Lipinski definition) is 1. The first kappa shape index (κ1) is 31.8. The number of thioether (sulfide) groups is 1. The number of carbonyl (C=O) groups is 2. The number of benzene rings is 2. The molecule has 3 unspecified atom stereocenters. The van der Waals surface area contributed by atoms with Gasteiger partial charge in [0.05, 0.1) is 30.5 Å². The molecule has 13 nitrogen and oxygen atoms in total. The lowest BCUT2D eigenvalue weighted by Crippen LogP contribution is -2.69. The minimum absolute atomic E-state index is 0.000855. The highest BCUT2D eigenvalue weighted by molar-refractivity contribution is 7.99. The van der Waals surface area contributed by atoms with E-state index in [0.29, 0.717) is 51.9 Å². The minimum Gasteiger partial charge on any atom is -0.493 e. The Morgan fingerprint density at radius 2 is 1.89 bits per heavy atom. The van der Waals surface area contributed by atoms with E-state index in [1.54, 1.807) is 14.2 Å². The van der Waals surface area contributed by atoms with Crippen molar-refractivity contribution in [2.24, 2.45) is 0 Å². The summed E-state index contributed by atoms with van der Waals surface area (Å²) in [7, 11) is 5.17. The van der Waals surface area contributed by atoms with Gasteiger partial charge in [0.15, 0.2) is 35.9 Å². The first-order valence-corrected chi connectivity index (χ1v) is 16.5. The summed E-state index contributed by atoms with van der Waals surface area (Å²) in [6.07, 6.45) is -0.829. The van der Waals surface area contributed by atoms with Gasteiger partial charge in [0.1, 0.15) is 18.4 Å². The third-order valence-electron chi connectivity index (χ3n) is 9.94. The zero-order valence-electron chi connectivity index (χ0n) is 27.0. The lowest BCUT2D eigenvalue weighted by Gasteiger charge is -2.61. The van der Waals surface area contributed by atoms with E-state index in [9.17, 15) is 20.0 Å². The summed E-state index contributed by atoms with van der Waals surface area (Å²) in [5, 5.41) is 21.3. The molecule has 2 saturated heterocycles. The molecule has 2 aromatic rings. The zero-order chi connectivity index (χ0) is 33.3. The van der Waals surface area contributed by atoms with Crippen LogP contribution in [0.3, 0.4) is 0 Å². The van der Waals surface area contributed by atoms with Crippen LogP contribution in [0, 0.1) is 25.2 Å². The Balaban J connectivity index is 1.56. The van der Waals surface area contributed by atoms with Crippen LogP contribution >= 0.6 is 11.8 Å². The molecule has 0 spiro atoms. The van der Waals surface area contributed by atoms with Crippen LogP contribution in [0.15, 0.2) is 6.07 Å². The zero-order valence-corrected chi connectivity index (χ0v) is 27.8. The number of ether oxygens (including phenoxy) is 7. The molecule has 14 heteroatoms. The molecule has 2 aromatic carbocycles. The number of piperazine rings is 1. The number of esters is 2. The van der Waals surface area contributed by atoms with Gasteiger partial charge in [-0.1, -0.05) is 6.07 Å². The lowest BCUT2D eigenvalue weighted by molar-refractivity contribution is -0.157. The average molecular weight is 668 g/mol. The molecule has 47 heavy (non-hydrogen) atoms. The maximum absolute atomic E-state index is 12.9. The highest BCUT2D eigenvalue weighted by Crippen LogP contribution is 2.64. The van der Waals surface area contributed by atoms with Crippen molar-refractivity contribution in [1.82, 2.24) is 9.80 Å². The van der Waals surface area contributed by atoms with Gasteiger partial charge in [-0.2, -0.15) is 5.26 Å². The van der Waals surface area contributed by atoms with Crippen LogP contribution < -0.4 is 23.7 Å². The van der Waals surface area contributed by atoms with Crippen molar-refractivity contribution >= 4 is 23.7 Å². The van der Waals surface area contributed by atoms with Crippen molar-refractivity contribution in [1.29, 1.82) is 5.26 Å². The molecule has 5 aliphatic heterocycles. The SMILES string of the molecule is COCOc1c(OC)c(C)cc2c1C1C3[C@@H]4SCC(O)C(=O)OC[C@@H](c5c6c(c(C)c(OC(C)=O)c54)OCO6)N3[C@@H](C#N)[C@H](C2)N1C. The second kappa shape index (κ2) is 12.1. The molecule has 2 fully saturated rings. The topological polar surface area (TPSA) is 149 Å². The molecular formula is C33H37N3O10S. The number of carbonyl (C=O) groups excluding carboxylic acids is 2. The Hall–Kier alpha value is -3.74. The number of nitriles is 1. The molecule has 0 amide bonds. The van der Waals surface area contributed by atoms with E-state index in [1.165, 1.54) is 18.7 Å². The number of likely N-dealkylation sites (N-methyl/N-ethyl adjacent to an activating group) is 1. The summed E-state index contributed by atoms with van der Waals surface area (Å²) in [6.45, 7) is 4.90. The van der Waals surface area contributed by atoms with E-state index in [0.717, 1.165) is 16.7 Å². The van der Waals surface area contributed by atoms with Gasteiger partial charge >= 0.3 is 11.9 Å². The van der Waals surface area contributed by atoms with Crippen LogP contribution in [-0.2, 0) is 25.5 Å². The van der Waals surface area contributed by atoms with Gasteiger partial charge in [0.2, 0.25) is 6.79 Å². The van der Waals surface area contributed by atoms with Crippen molar-refractivity contribution < 1.29 is 47.9 Å². The fraction of sp³-hybridized carbons (Fsp3) is 0.545. The van der Waals surface area contributed by atoms with E-state index < -0.39 is 41.4 Å². The van der Waals surface area contributed by atoms with E-state index in [2.05, 4.69) is 21.9 Å². The Morgan fingerprint density at radius 1 is 1.13 bits per heavy atom. The quantitative estimate of drug-likeness (QED) is 0.283. The van der Waals surface area contributed by atoms with Crippen molar-refractivity contribution in [2.45, 2.75) is 68.8 Å². The van der Waals surface area contributed by atoms with Crippen molar-refractivity contribution in [3.63, 3.8) is 0 Å². The molecule has 0 radical (unpaired) electrons. The van der Waals surface area contributed by atoms with Crippen LogP contribution in [0.5, 0.6) is 28.7 Å². The van der Waals surface area contributed by atoms with Crippen LogP contribution in [-0.4, -0.2) is 98.3 Å². The van der Waals surface area contributed by atoms with E-state index >= 15 is 0 Å². The maximum Gasteiger partial charge on any atom is 0.335 e. The number of nitrogens with zero attached hydrogens (tertiary/aromatic N) is 3. The first-order valence-electron chi connectivity index (χ1n) is 15.4. The Kier molecular flexibility index (Phi) is 8.16. The highest BCUT2D eigenvalue weighted by atomic mass is 32.2. The molecule has 0 aliphatic carbocycles. The van der Waals surface area contributed by atoms with Gasteiger partial charge in [-0.25, -0.2) is 4.79 Å². The van der Waals surface area contributed by atoms with Gasteiger partial charge in [-0.05, 0) is 38.4 Å². The summed E-state index contributed by atoms with van der Waals surface area (Å²) in [5.74, 6) is 1.15. The van der Waals surface area contributed by atoms with E-state index in [4.69, 9.17) is 33.2 Å². The predicted octanol–water partition coefficient (Wildman–Crippen LogP) is 2.87. The minimum atomic E-state index is -1.38. The summed E-state index contributed by atoms with van der Waals surface area (Å²) in [5.41, 5.74) is 4.78. The molecule has 1 N–H and O–H groups in total. The number of methoxy groups -OCH3 is 2. The van der Waals surface area contributed by atoms with Crippen molar-refractivity contribution in [3.8, 4) is 34.8 Å². The highest BCUT2D eigenvalue weighted by Gasteiger charge is 2.60. The lowest BCUT2D eigenvalue weighted by atomic mass is 9.71. The number of rotatable bonds is 5. The van der Waals surface area contributed by atoms with Gasteiger partial charge < -0.3 is 38.3 Å². The maximum atomic E-state index is 12.9. The van der Waals surface area contributed by atoms with Crippen LogP contribution in [0.4, 0.5) is 0 Å². The van der Waals surface area contributed by atoms with Crippen molar-refractivity contribution in [2.75, 3.05) is 47.2 Å². The van der Waals surface area contributed by atoms with Crippen LogP contribution in [0.25, 0.3) is 0 Å². The normalized spacial score (nSPS) is 29.1. The second-order valence-electron chi connectivity index (χ2n) is 12.4. The molecule has 0 aromatic heterocycles. The van der Waals surface area contributed by atoms with Gasteiger partial charge in [0.25, 0.3) is 0 Å². The number of cyclic esters (lactones) is 1. The molecule has 7 atom stereocenters. The summed E-state index contributed by atoms with van der Waals surface area (Å²) in [4.78, 5) is 29.9. The molecule has 0 saturated carbocycles. The van der Waals surface area contributed by atoms with Crippen LogP contribution in [0.2, 0.25) is 0 Å². The van der Waals surface area contributed by atoms with Gasteiger partial charge in [-0.3, -0.25) is 14.6 Å². The van der Waals surface area contributed by atoms with Gasteiger partial charge in [-0.15, -0.1) is 11.8 Å². The Labute approximate surface area is 276 Å². The number of aliphatic hydroxyl groups is 1. The monoisotopic (exact) mass is 667 g/mol. The molecular weight excluding hydrogens is 630 g/mol. The van der Waals surface area contributed by atoms with E-state index in [1.807, 2.05) is 20.9 Å². The Bertz CT molecular complexity index is 1690. The molecule has 250 valence electrons. The number of hydrogen-bond acceptors (Lipinski definition) is 14. The molecule has 5 heterocycles.